The average molecular weight is 400 g/mol. The minimum atomic E-state index is -0.860. The smallest absolute Gasteiger partial charge is 0.330 e. The molecule has 3 aromatic rings. The Labute approximate surface area is 165 Å². The van der Waals surface area contributed by atoms with Crippen molar-refractivity contribution in [1.29, 1.82) is 0 Å². The lowest BCUT2D eigenvalue weighted by atomic mass is 10.1. The summed E-state index contributed by atoms with van der Waals surface area (Å²) in [5, 5.41) is 2.80. The van der Waals surface area contributed by atoms with E-state index in [1.807, 2.05) is 6.92 Å². The monoisotopic (exact) mass is 400 g/mol. The van der Waals surface area contributed by atoms with Crippen molar-refractivity contribution in [3.63, 3.8) is 0 Å². The first-order valence-corrected chi connectivity index (χ1v) is 9.33. The average Bonchev–Trinajstić information content (AvgIpc) is 3.29. The predicted molar refractivity (Wildman–Crippen MR) is 105 cm³/mol. The van der Waals surface area contributed by atoms with Crippen LogP contribution in [0.2, 0.25) is 0 Å². The number of rotatable bonds is 5. The maximum atomic E-state index is 14.7. The molecule has 1 saturated heterocycles. The highest BCUT2D eigenvalue weighted by atomic mass is 19.1. The first-order chi connectivity index (χ1) is 13.9. The third-order valence-corrected chi connectivity index (χ3v) is 5.02. The van der Waals surface area contributed by atoms with E-state index in [1.165, 1.54) is 18.3 Å². The van der Waals surface area contributed by atoms with Crippen LogP contribution in [0.4, 0.5) is 16.0 Å². The topological polar surface area (TPSA) is 117 Å². The molecule has 1 atom stereocenters. The Hall–Kier alpha value is -3.27. The molecule has 1 aliphatic heterocycles. The number of carbonyl (C=O) groups excluding carboxylic acids is 1. The van der Waals surface area contributed by atoms with Gasteiger partial charge in [0.2, 0.25) is 5.95 Å². The van der Waals surface area contributed by atoms with Gasteiger partial charge in [-0.15, -0.1) is 0 Å². The molecule has 0 bridgehead atoms. The molecule has 9 nitrogen and oxygen atoms in total. The van der Waals surface area contributed by atoms with Gasteiger partial charge in [0.1, 0.15) is 5.52 Å². The molecule has 0 spiro atoms. The van der Waals surface area contributed by atoms with Crippen LogP contribution in [0.25, 0.3) is 11.2 Å². The van der Waals surface area contributed by atoms with E-state index in [2.05, 4.69) is 15.3 Å². The Balaban J connectivity index is 1.82. The lowest BCUT2D eigenvalue weighted by Crippen LogP contribution is -2.27. The molecule has 0 unspecified atom stereocenters. The van der Waals surface area contributed by atoms with Crippen LogP contribution in [0, 0.1) is 12.7 Å². The molecule has 2 aromatic heterocycles. The van der Waals surface area contributed by atoms with Crippen molar-refractivity contribution in [2.24, 2.45) is 5.73 Å². The Bertz CT molecular complexity index is 1160. The van der Waals surface area contributed by atoms with E-state index in [0.717, 1.165) is 0 Å². The fraction of sp³-hybridized carbons (Fsp3) is 0.368. The van der Waals surface area contributed by atoms with Crippen molar-refractivity contribution in [2.75, 3.05) is 18.5 Å². The van der Waals surface area contributed by atoms with Crippen LogP contribution in [0.15, 0.2) is 23.1 Å². The minimum absolute atomic E-state index is 0.0335. The number of hydrogen-bond donors (Lipinski definition) is 2. The molecule has 1 fully saturated rings. The number of benzene rings is 1. The third kappa shape index (κ3) is 3.25. The van der Waals surface area contributed by atoms with Crippen molar-refractivity contribution >= 4 is 28.7 Å². The second-order valence-corrected chi connectivity index (χ2v) is 6.98. The van der Waals surface area contributed by atoms with E-state index < -0.39 is 11.7 Å². The summed E-state index contributed by atoms with van der Waals surface area (Å²) < 4.78 is 23.3. The number of amides is 1. The molecule has 1 aliphatic rings. The summed E-state index contributed by atoms with van der Waals surface area (Å²) in [6.07, 6.45) is 2.24. The number of nitrogens with one attached hydrogen (secondary N) is 1. The van der Waals surface area contributed by atoms with Gasteiger partial charge in [-0.25, -0.2) is 14.2 Å². The molecule has 0 saturated carbocycles. The molecule has 0 radical (unpaired) electrons. The van der Waals surface area contributed by atoms with Gasteiger partial charge in [0.05, 0.1) is 30.1 Å². The highest BCUT2D eigenvalue weighted by molar-refractivity contribution is 5.94. The summed E-state index contributed by atoms with van der Waals surface area (Å²) in [5.41, 5.74) is 6.59. The van der Waals surface area contributed by atoms with E-state index in [1.54, 1.807) is 16.1 Å². The lowest BCUT2D eigenvalue weighted by Gasteiger charge is -2.11. The molecule has 152 valence electrons. The van der Waals surface area contributed by atoms with Crippen LogP contribution in [0.1, 0.15) is 35.3 Å². The summed E-state index contributed by atoms with van der Waals surface area (Å²) in [6, 6.07) is 2.80. The van der Waals surface area contributed by atoms with Gasteiger partial charge in [0.25, 0.3) is 5.91 Å². The molecular formula is C19H21FN6O3. The number of ether oxygens (including phenoxy) is 1. The molecular weight excluding hydrogens is 379 g/mol. The number of primary amides is 1. The fourth-order valence-electron chi connectivity index (χ4n) is 3.64. The summed E-state index contributed by atoms with van der Waals surface area (Å²) in [7, 11) is 0. The summed E-state index contributed by atoms with van der Waals surface area (Å²) in [5.74, 6) is -1.53. The highest BCUT2D eigenvalue weighted by Gasteiger charge is 2.25. The SMILES string of the molecule is CCn1c(=O)n([C@@H]2CCOC2)c2nc(Nc3cc(C)cc(C(N)=O)c3F)ncc21. The summed E-state index contributed by atoms with van der Waals surface area (Å²) in [4.78, 5) is 33.1. The number of nitrogens with zero attached hydrogens (tertiary/aromatic N) is 4. The zero-order valence-corrected chi connectivity index (χ0v) is 16.1. The summed E-state index contributed by atoms with van der Waals surface area (Å²) in [6.45, 7) is 5.08. The molecule has 29 heavy (non-hydrogen) atoms. The number of hydrogen-bond acceptors (Lipinski definition) is 6. The minimum Gasteiger partial charge on any atom is -0.379 e. The van der Waals surface area contributed by atoms with Gasteiger partial charge >= 0.3 is 5.69 Å². The van der Waals surface area contributed by atoms with Crippen molar-refractivity contribution in [1.82, 2.24) is 19.1 Å². The zero-order chi connectivity index (χ0) is 20.7. The first-order valence-electron chi connectivity index (χ1n) is 9.33. The van der Waals surface area contributed by atoms with Crippen molar-refractivity contribution < 1.29 is 13.9 Å². The lowest BCUT2D eigenvalue weighted by molar-refractivity contribution is 0.0996. The highest BCUT2D eigenvalue weighted by Crippen LogP contribution is 2.26. The van der Waals surface area contributed by atoms with Crippen LogP contribution in [0.5, 0.6) is 0 Å². The van der Waals surface area contributed by atoms with Crippen molar-refractivity contribution in [3.05, 3.63) is 45.8 Å². The Morgan fingerprint density at radius 2 is 2.24 bits per heavy atom. The van der Waals surface area contributed by atoms with Crippen LogP contribution >= 0.6 is 0 Å². The standard InChI is InChI=1S/C19H21FN6O3/c1-3-25-14-8-22-18(23-13-7-10(2)6-12(15(13)20)16(21)27)24-17(14)26(19(25)28)11-4-5-29-9-11/h6-8,11H,3-5,9H2,1-2H3,(H2,21,27)(H,22,23,24)/t11-/m1/s1. The third-order valence-electron chi connectivity index (χ3n) is 5.02. The maximum absolute atomic E-state index is 14.7. The van der Waals surface area contributed by atoms with E-state index in [4.69, 9.17) is 10.5 Å². The van der Waals surface area contributed by atoms with E-state index in [0.29, 0.717) is 42.9 Å². The van der Waals surface area contributed by atoms with Crippen LogP contribution < -0.4 is 16.7 Å². The van der Waals surface area contributed by atoms with E-state index in [9.17, 15) is 14.0 Å². The maximum Gasteiger partial charge on any atom is 0.330 e. The number of aryl methyl sites for hydroxylation is 2. The number of halogens is 1. The number of imidazole rings is 1. The first kappa shape index (κ1) is 19.1. The molecule has 1 aromatic carbocycles. The quantitative estimate of drug-likeness (QED) is 0.675. The Kier molecular flexibility index (Phi) is 4.79. The van der Waals surface area contributed by atoms with Gasteiger partial charge in [-0.05, 0) is 38.0 Å². The van der Waals surface area contributed by atoms with Crippen molar-refractivity contribution in [3.8, 4) is 0 Å². The Morgan fingerprint density at radius 1 is 1.45 bits per heavy atom. The summed E-state index contributed by atoms with van der Waals surface area (Å²) >= 11 is 0. The molecule has 4 rings (SSSR count). The van der Waals surface area contributed by atoms with Gasteiger partial charge in [-0.2, -0.15) is 4.98 Å². The van der Waals surface area contributed by atoms with Crippen LogP contribution in [-0.4, -0.2) is 38.2 Å². The fourth-order valence-corrected chi connectivity index (χ4v) is 3.64. The number of nitrogens with two attached hydrogens (primary N) is 1. The van der Waals surface area contributed by atoms with E-state index >= 15 is 0 Å². The predicted octanol–water partition coefficient (Wildman–Crippen LogP) is 1.86. The molecule has 10 heteroatoms. The van der Waals surface area contributed by atoms with Crippen molar-refractivity contribution in [2.45, 2.75) is 32.9 Å². The number of carbonyl (C=O) groups is 1. The normalized spacial score (nSPS) is 16.4. The van der Waals surface area contributed by atoms with Gasteiger partial charge in [-0.3, -0.25) is 13.9 Å². The van der Waals surface area contributed by atoms with Gasteiger partial charge in [0, 0.05) is 13.2 Å². The van der Waals surface area contributed by atoms with Crippen LogP contribution in [-0.2, 0) is 11.3 Å². The van der Waals surface area contributed by atoms with E-state index in [-0.39, 0.29) is 28.9 Å². The largest absolute Gasteiger partial charge is 0.379 e. The van der Waals surface area contributed by atoms with Gasteiger partial charge < -0.3 is 15.8 Å². The number of aromatic nitrogens is 4. The Morgan fingerprint density at radius 3 is 2.90 bits per heavy atom. The second-order valence-electron chi connectivity index (χ2n) is 6.98. The van der Waals surface area contributed by atoms with Gasteiger partial charge in [0.15, 0.2) is 11.5 Å². The van der Waals surface area contributed by atoms with Gasteiger partial charge in [-0.1, -0.05) is 0 Å². The molecule has 3 heterocycles. The number of anilines is 2. The molecule has 3 N–H and O–H groups in total. The number of fused-ring (bicyclic) bond motifs is 1. The molecule has 1 amide bonds. The molecule has 0 aliphatic carbocycles. The zero-order valence-electron chi connectivity index (χ0n) is 16.1. The van der Waals surface area contributed by atoms with Crippen LogP contribution in [0.3, 0.4) is 0 Å². The second kappa shape index (κ2) is 7.28.